The van der Waals surface area contributed by atoms with Gasteiger partial charge in [0.15, 0.2) is 0 Å². The number of fused-ring (bicyclic) bond motifs is 1. The van der Waals surface area contributed by atoms with Crippen LogP contribution in [-0.4, -0.2) is 39.8 Å². The molecule has 2 heterocycles. The van der Waals surface area contributed by atoms with Crippen molar-refractivity contribution >= 4 is 16.8 Å². The molecular weight excluding hydrogens is 338 g/mol. The van der Waals surface area contributed by atoms with E-state index in [0.717, 1.165) is 53.7 Å². The summed E-state index contributed by atoms with van der Waals surface area (Å²) in [6, 6.07) is 14.6. The summed E-state index contributed by atoms with van der Waals surface area (Å²) in [4.78, 5) is 13.7. The first kappa shape index (κ1) is 17.6. The monoisotopic (exact) mass is 363 g/mol. The first-order chi connectivity index (χ1) is 13.1. The molecule has 27 heavy (non-hydrogen) atoms. The number of aryl methyl sites for hydroxylation is 1. The molecule has 0 radical (unpaired) electrons. The zero-order valence-corrected chi connectivity index (χ0v) is 15.9. The lowest BCUT2D eigenvalue weighted by Crippen LogP contribution is -2.41. The van der Waals surface area contributed by atoms with E-state index in [1.54, 1.807) is 0 Å². The van der Waals surface area contributed by atoms with Gasteiger partial charge in [-0.3, -0.25) is 9.48 Å². The third kappa shape index (κ3) is 3.82. The van der Waals surface area contributed by atoms with Gasteiger partial charge in [0.1, 0.15) is 11.9 Å². The molecule has 3 aromatic rings. The number of nitrogens with zero attached hydrogens (tertiary/aromatic N) is 3. The van der Waals surface area contributed by atoms with Gasteiger partial charge in [-0.1, -0.05) is 31.2 Å². The molecule has 0 unspecified atom stereocenters. The van der Waals surface area contributed by atoms with Crippen LogP contribution in [0.25, 0.3) is 22.0 Å². The number of piperidine rings is 1. The average molecular weight is 363 g/mol. The Kier molecular flexibility index (Phi) is 4.84. The fourth-order valence-corrected chi connectivity index (χ4v) is 3.68. The highest BCUT2D eigenvalue weighted by Gasteiger charge is 2.22. The van der Waals surface area contributed by atoms with E-state index in [4.69, 9.17) is 4.74 Å². The maximum Gasteiger partial charge on any atom is 0.222 e. The average Bonchev–Trinajstić information content (AvgIpc) is 3.07. The SMILES string of the molecule is CCC(=O)N1CCC(Oc2ccc(-c3ccc4cn(C)nc4c3)cc2)CC1. The molecule has 1 amide bonds. The van der Waals surface area contributed by atoms with Crippen LogP contribution in [0.5, 0.6) is 5.75 Å². The van der Waals surface area contributed by atoms with Crippen molar-refractivity contribution in [2.24, 2.45) is 7.05 Å². The minimum atomic E-state index is 0.182. The van der Waals surface area contributed by atoms with E-state index >= 15 is 0 Å². The van der Waals surface area contributed by atoms with Gasteiger partial charge in [0, 0.05) is 51.0 Å². The van der Waals surface area contributed by atoms with Crippen molar-refractivity contribution in [1.29, 1.82) is 0 Å². The normalized spacial score (nSPS) is 15.3. The van der Waals surface area contributed by atoms with Gasteiger partial charge in [-0.05, 0) is 29.3 Å². The smallest absolute Gasteiger partial charge is 0.222 e. The Bertz CT molecular complexity index is 938. The van der Waals surface area contributed by atoms with E-state index in [-0.39, 0.29) is 12.0 Å². The van der Waals surface area contributed by atoms with Crippen molar-refractivity contribution in [2.45, 2.75) is 32.3 Å². The van der Waals surface area contributed by atoms with Gasteiger partial charge < -0.3 is 9.64 Å². The molecule has 0 spiro atoms. The van der Waals surface area contributed by atoms with Crippen LogP contribution in [0.15, 0.2) is 48.7 Å². The van der Waals surface area contributed by atoms with Crippen LogP contribution in [0, 0.1) is 0 Å². The number of benzene rings is 2. The number of rotatable bonds is 4. The fraction of sp³-hybridized carbons (Fsp3) is 0.364. The van der Waals surface area contributed by atoms with E-state index in [2.05, 4.69) is 35.4 Å². The highest BCUT2D eigenvalue weighted by atomic mass is 16.5. The Labute approximate surface area is 159 Å². The number of hydrogen-bond donors (Lipinski definition) is 0. The molecule has 5 nitrogen and oxygen atoms in total. The van der Waals surface area contributed by atoms with Crippen LogP contribution >= 0.6 is 0 Å². The Hall–Kier alpha value is -2.82. The summed E-state index contributed by atoms with van der Waals surface area (Å²) in [6.45, 7) is 3.50. The Morgan fingerprint density at radius 2 is 1.81 bits per heavy atom. The second kappa shape index (κ2) is 7.43. The topological polar surface area (TPSA) is 47.4 Å². The lowest BCUT2D eigenvalue weighted by Gasteiger charge is -2.32. The van der Waals surface area contributed by atoms with Crippen LogP contribution in [0.2, 0.25) is 0 Å². The second-order valence-electron chi connectivity index (χ2n) is 7.15. The summed E-state index contributed by atoms with van der Waals surface area (Å²) >= 11 is 0. The van der Waals surface area contributed by atoms with Gasteiger partial charge in [-0.25, -0.2) is 0 Å². The van der Waals surface area contributed by atoms with Crippen LogP contribution in [0.3, 0.4) is 0 Å². The van der Waals surface area contributed by atoms with Crippen molar-refractivity contribution in [3.05, 3.63) is 48.7 Å². The van der Waals surface area contributed by atoms with E-state index in [1.807, 2.05) is 41.9 Å². The summed E-state index contributed by atoms with van der Waals surface area (Å²) in [5, 5.41) is 5.63. The quantitative estimate of drug-likeness (QED) is 0.703. The maximum absolute atomic E-state index is 11.8. The van der Waals surface area contributed by atoms with Crippen LogP contribution in [0.1, 0.15) is 26.2 Å². The van der Waals surface area contributed by atoms with E-state index in [1.165, 1.54) is 0 Å². The summed E-state index contributed by atoms with van der Waals surface area (Å²) in [7, 11) is 1.94. The van der Waals surface area contributed by atoms with Crippen LogP contribution < -0.4 is 4.74 Å². The first-order valence-corrected chi connectivity index (χ1v) is 9.60. The number of aromatic nitrogens is 2. The molecule has 2 aromatic carbocycles. The highest BCUT2D eigenvalue weighted by molar-refractivity contribution is 5.84. The zero-order chi connectivity index (χ0) is 18.8. The van der Waals surface area contributed by atoms with Gasteiger partial charge in [-0.2, -0.15) is 5.10 Å². The first-order valence-electron chi connectivity index (χ1n) is 9.60. The third-order valence-electron chi connectivity index (χ3n) is 5.21. The third-order valence-corrected chi connectivity index (χ3v) is 5.21. The second-order valence-corrected chi connectivity index (χ2v) is 7.15. The molecular formula is C22H25N3O2. The predicted molar refractivity (Wildman–Crippen MR) is 107 cm³/mol. The largest absolute Gasteiger partial charge is 0.490 e. The molecule has 1 aromatic heterocycles. The molecule has 1 fully saturated rings. The number of likely N-dealkylation sites (tertiary alicyclic amines) is 1. The molecule has 0 atom stereocenters. The van der Waals surface area contributed by atoms with E-state index < -0.39 is 0 Å². The van der Waals surface area contributed by atoms with Crippen LogP contribution in [-0.2, 0) is 11.8 Å². The standard InChI is InChI=1S/C22H25N3O2/c1-3-22(26)25-12-10-20(11-13-25)27-19-8-6-16(7-9-19)17-4-5-18-15-24(2)23-21(18)14-17/h4-9,14-15,20H,3,10-13H2,1-2H3. The summed E-state index contributed by atoms with van der Waals surface area (Å²) in [5.41, 5.74) is 3.31. The maximum atomic E-state index is 11.8. The molecule has 140 valence electrons. The number of carbonyl (C=O) groups is 1. The number of amides is 1. The summed E-state index contributed by atoms with van der Waals surface area (Å²) < 4.78 is 7.97. The van der Waals surface area contributed by atoms with Gasteiger partial charge in [-0.15, -0.1) is 0 Å². The molecule has 4 rings (SSSR count). The Morgan fingerprint density at radius 1 is 1.11 bits per heavy atom. The molecule has 0 bridgehead atoms. The molecule has 0 aliphatic carbocycles. The van der Waals surface area contributed by atoms with Crippen LogP contribution in [0.4, 0.5) is 0 Å². The molecule has 1 saturated heterocycles. The number of hydrogen-bond acceptors (Lipinski definition) is 3. The van der Waals surface area contributed by atoms with E-state index in [9.17, 15) is 4.79 Å². The van der Waals surface area contributed by atoms with Crippen molar-refractivity contribution in [1.82, 2.24) is 14.7 Å². The van der Waals surface area contributed by atoms with Gasteiger partial charge in [0.2, 0.25) is 5.91 Å². The predicted octanol–water partition coefficient (Wildman–Crippen LogP) is 4.02. The Morgan fingerprint density at radius 3 is 2.52 bits per heavy atom. The molecule has 0 N–H and O–H groups in total. The van der Waals surface area contributed by atoms with Crippen molar-refractivity contribution in [3.8, 4) is 16.9 Å². The molecule has 1 aliphatic heterocycles. The van der Waals surface area contributed by atoms with Crippen molar-refractivity contribution in [3.63, 3.8) is 0 Å². The molecule has 1 aliphatic rings. The lowest BCUT2D eigenvalue weighted by atomic mass is 10.0. The van der Waals surface area contributed by atoms with Gasteiger partial charge in [0.25, 0.3) is 0 Å². The highest BCUT2D eigenvalue weighted by Crippen LogP contribution is 2.27. The molecule has 5 heteroatoms. The Balaban J connectivity index is 1.41. The number of carbonyl (C=O) groups excluding carboxylic acids is 1. The van der Waals surface area contributed by atoms with Crippen molar-refractivity contribution < 1.29 is 9.53 Å². The molecule has 0 saturated carbocycles. The zero-order valence-electron chi connectivity index (χ0n) is 15.9. The minimum absolute atomic E-state index is 0.182. The fourth-order valence-electron chi connectivity index (χ4n) is 3.68. The number of ether oxygens (including phenoxy) is 1. The van der Waals surface area contributed by atoms with E-state index in [0.29, 0.717) is 6.42 Å². The van der Waals surface area contributed by atoms with Crippen molar-refractivity contribution in [2.75, 3.05) is 13.1 Å². The summed E-state index contributed by atoms with van der Waals surface area (Å²) in [5.74, 6) is 1.13. The minimum Gasteiger partial charge on any atom is -0.490 e. The van der Waals surface area contributed by atoms with Gasteiger partial charge in [0.05, 0.1) is 5.52 Å². The summed E-state index contributed by atoms with van der Waals surface area (Å²) in [6.07, 6.45) is 4.57. The van der Waals surface area contributed by atoms with Gasteiger partial charge >= 0.3 is 0 Å². The lowest BCUT2D eigenvalue weighted by molar-refractivity contribution is -0.132.